The van der Waals surface area contributed by atoms with E-state index in [9.17, 15) is 9.90 Å². The molecule has 0 amide bonds. The van der Waals surface area contributed by atoms with Crippen molar-refractivity contribution in [2.45, 2.75) is 10.1 Å². The molecule has 1 saturated heterocycles. The predicted molar refractivity (Wildman–Crippen MR) is 57.3 cm³/mol. The van der Waals surface area contributed by atoms with Gasteiger partial charge in [-0.1, -0.05) is 15.9 Å². The first-order valence-corrected chi connectivity index (χ1v) is 7.13. The largest absolute Gasteiger partial charge is 0.481 e. The molecule has 7 aliphatic rings. The minimum Gasteiger partial charge on any atom is -0.481 e. The minimum atomic E-state index is -0.564. The molecule has 17 heavy (non-hydrogen) atoms. The van der Waals surface area contributed by atoms with Gasteiger partial charge in [-0.05, 0) is 29.6 Å². The fourth-order valence-corrected chi connectivity index (χ4v) is 8.68. The smallest absolute Gasteiger partial charge is 0.310 e. The molecule has 2 bridgehead atoms. The first kappa shape index (κ1) is 8.88. The Kier molecular flexibility index (Phi) is 0.998. The lowest BCUT2D eigenvalue weighted by Gasteiger charge is -2.89. The molecule has 4 nitrogen and oxygen atoms in total. The number of hydrogen-bond acceptors (Lipinski definition) is 3. The van der Waals surface area contributed by atoms with Crippen LogP contribution in [0.3, 0.4) is 0 Å². The molecule has 0 aromatic carbocycles. The summed E-state index contributed by atoms with van der Waals surface area (Å²) in [4.78, 5) is 11.5. The number of carbonyl (C=O) groups is 1. The van der Waals surface area contributed by atoms with Gasteiger partial charge in [0.1, 0.15) is 0 Å². The van der Waals surface area contributed by atoms with Crippen molar-refractivity contribution in [1.82, 2.24) is 0 Å². The van der Waals surface area contributed by atoms with Crippen LogP contribution in [0.25, 0.3) is 0 Å². The van der Waals surface area contributed by atoms with Crippen LogP contribution in [-0.4, -0.2) is 34.4 Å². The van der Waals surface area contributed by atoms with Crippen LogP contribution in [0.4, 0.5) is 0 Å². The average Bonchev–Trinajstić information content (AvgIpc) is 2.78. The Labute approximate surface area is 106 Å². The van der Waals surface area contributed by atoms with Gasteiger partial charge in [0.25, 0.3) is 0 Å². The van der Waals surface area contributed by atoms with E-state index in [0.717, 1.165) is 0 Å². The Morgan fingerprint density at radius 2 is 1.59 bits per heavy atom. The van der Waals surface area contributed by atoms with Crippen molar-refractivity contribution >= 4 is 21.9 Å². The number of ether oxygens (including phenoxy) is 2. The topological polar surface area (TPSA) is 55.8 Å². The van der Waals surface area contributed by atoms with E-state index in [1.807, 2.05) is 0 Å². The second kappa shape index (κ2) is 1.91. The third-order valence-corrected chi connectivity index (χ3v) is 8.62. The lowest BCUT2D eigenvalue weighted by Crippen LogP contribution is -2.94. The molecule has 0 aromatic heterocycles. The summed E-state index contributed by atoms with van der Waals surface area (Å²) in [6.45, 7) is 1.32. The molecule has 1 spiro atoms. The summed E-state index contributed by atoms with van der Waals surface area (Å²) in [6.07, 6.45) is 0. The lowest BCUT2D eigenvalue weighted by atomic mass is 9.13. The second-order valence-corrected chi connectivity index (χ2v) is 7.84. The summed E-state index contributed by atoms with van der Waals surface area (Å²) in [6, 6.07) is 0. The zero-order valence-electron chi connectivity index (χ0n) is 8.93. The molecule has 0 aromatic rings. The molecular formula is C12H11BrO4. The van der Waals surface area contributed by atoms with E-state index >= 15 is 0 Å². The van der Waals surface area contributed by atoms with E-state index in [2.05, 4.69) is 15.9 Å². The standard InChI is InChI=1S/C12H11BrO4/c13-11-6-3-7(11)5-8(12(11)16-1-2-17-12)4(6)10(3,5)9(14)15/h3-8H,1-2H2,(H,14,15)/t3?,4-,5-,6-,7-,8?,10?,11?/m0/s1. The van der Waals surface area contributed by atoms with Gasteiger partial charge >= 0.3 is 5.97 Å². The number of hydrogen-bond donors (Lipinski definition) is 1. The molecule has 1 heterocycles. The van der Waals surface area contributed by atoms with Gasteiger partial charge in [0.2, 0.25) is 0 Å². The van der Waals surface area contributed by atoms with E-state index in [4.69, 9.17) is 9.47 Å². The summed E-state index contributed by atoms with van der Waals surface area (Å²) >= 11 is 3.90. The zero-order valence-corrected chi connectivity index (χ0v) is 10.5. The van der Waals surface area contributed by atoms with Gasteiger partial charge in [-0.2, -0.15) is 0 Å². The highest BCUT2D eigenvalue weighted by atomic mass is 79.9. The van der Waals surface area contributed by atoms with E-state index in [1.54, 1.807) is 0 Å². The van der Waals surface area contributed by atoms with E-state index in [1.165, 1.54) is 0 Å². The van der Waals surface area contributed by atoms with Gasteiger partial charge in [-0.25, -0.2) is 0 Å². The van der Waals surface area contributed by atoms with E-state index in [-0.39, 0.29) is 9.74 Å². The third kappa shape index (κ3) is 0.434. The van der Waals surface area contributed by atoms with Crippen LogP contribution in [0.15, 0.2) is 0 Å². The van der Waals surface area contributed by atoms with Crippen LogP contribution < -0.4 is 0 Å². The van der Waals surface area contributed by atoms with Crippen LogP contribution in [0.2, 0.25) is 0 Å². The molecule has 6 saturated carbocycles. The highest BCUT2D eigenvalue weighted by Gasteiger charge is 3.10. The zero-order chi connectivity index (χ0) is 11.4. The molecular weight excluding hydrogens is 288 g/mol. The van der Waals surface area contributed by atoms with Crippen molar-refractivity contribution in [2.24, 2.45) is 40.9 Å². The molecule has 90 valence electrons. The second-order valence-electron chi connectivity index (χ2n) is 6.53. The normalized spacial score (nSPS) is 73.5. The Morgan fingerprint density at radius 1 is 1.06 bits per heavy atom. The summed E-state index contributed by atoms with van der Waals surface area (Å²) in [5.41, 5.74) is -0.365. The first-order chi connectivity index (χ1) is 8.13. The molecule has 1 aliphatic heterocycles. The number of carboxylic acids is 1. The number of rotatable bonds is 1. The number of aliphatic carboxylic acids is 1. The quantitative estimate of drug-likeness (QED) is 0.724. The Hall–Kier alpha value is -0.130. The highest BCUT2D eigenvalue weighted by Crippen LogP contribution is 3.04. The van der Waals surface area contributed by atoms with Gasteiger partial charge in [-0.3, -0.25) is 4.79 Å². The highest BCUT2D eigenvalue weighted by molar-refractivity contribution is 9.10. The van der Waals surface area contributed by atoms with E-state index < -0.39 is 11.8 Å². The maximum atomic E-state index is 11.5. The maximum absolute atomic E-state index is 11.5. The van der Waals surface area contributed by atoms with Gasteiger partial charge < -0.3 is 14.6 Å². The van der Waals surface area contributed by atoms with Crippen molar-refractivity contribution in [3.8, 4) is 0 Å². The molecule has 1 N–H and O–H groups in total. The Bertz CT molecular complexity index is 491. The minimum absolute atomic E-state index is 0.0433. The van der Waals surface area contributed by atoms with Crippen LogP contribution >= 0.6 is 15.9 Å². The van der Waals surface area contributed by atoms with Gasteiger partial charge in [-0.15, -0.1) is 0 Å². The fraction of sp³-hybridized carbons (Fsp3) is 0.917. The number of alkyl halides is 1. The van der Waals surface area contributed by atoms with Crippen LogP contribution in [0.1, 0.15) is 0 Å². The maximum Gasteiger partial charge on any atom is 0.310 e. The van der Waals surface area contributed by atoms with Crippen molar-refractivity contribution in [2.75, 3.05) is 13.2 Å². The lowest BCUT2D eigenvalue weighted by molar-refractivity contribution is -0.421. The summed E-state index contributed by atoms with van der Waals surface area (Å²) in [5, 5.41) is 9.51. The molecule has 6 aliphatic carbocycles. The average molecular weight is 299 g/mol. The first-order valence-electron chi connectivity index (χ1n) is 6.33. The monoisotopic (exact) mass is 298 g/mol. The van der Waals surface area contributed by atoms with Crippen molar-refractivity contribution < 1.29 is 19.4 Å². The van der Waals surface area contributed by atoms with Crippen LogP contribution in [-0.2, 0) is 14.3 Å². The molecule has 0 unspecified atom stereocenters. The molecule has 7 rings (SSSR count). The summed E-state index contributed by atoms with van der Waals surface area (Å²) in [5.74, 6) is 1.36. The molecule has 4 atom stereocenters. The van der Waals surface area contributed by atoms with E-state index in [0.29, 0.717) is 48.7 Å². The summed E-state index contributed by atoms with van der Waals surface area (Å²) in [7, 11) is 0. The predicted octanol–water partition coefficient (Wildman–Crippen LogP) is 0.699. The SMILES string of the molecule is O=C(O)C12C3[C@H]4[C@H]1C1[C@@H]2[C@H]3C4(Br)C12OCCO2. The Balaban J connectivity index is 1.59. The molecule has 0 radical (unpaired) electrons. The number of carboxylic acid groups (broad SMARTS) is 1. The molecule has 7 fully saturated rings. The third-order valence-electron chi connectivity index (χ3n) is 7.01. The van der Waals surface area contributed by atoms with Crippen LogP contribution in [0, 0.1) is 40.9 Å². The van der Waals surface area contributed by atoms with Crippen LogP contribution in [0.5, 0.6) is 0 Å². The van der Waals surface area contributed by atoms with Gasteiger partial charge in [0.05, 0.1) is 23.0 Å². The van der Waals surface area contributed by atoms with Crippen molar-refractivity contribution in [3.63, 3.8) is 0 Å². The fourth-order valence-electron chi connectivity index (χ4n) is 7.05. The van der Waals surface area contributed by atoms with Crippen molar-refractivity contribution in [1.29, 1.82) is 0 Å². The number of halogens is 1. The Morgan fingerprint density at radius 3 is 2.12 bits per heavy atom. The molecule has 5 heteroatoms. The summed E-state index contributed by atoms with van der Waals surface area (Å²) < 4.78 is 11.9. The van der Waals surface area contributed by atoms with Gasteiger partial charge in [0.15, 0.2) is 5.79 Å². The van der Waals surface area contributed by atoms with Gasteiger partial charge in [0, 0.05) is 5.92 Å². The van der Waals surface area contributed by atoms with Crippen molar-refractivity contribution in [3.05, 3.63) is 0 Å².